The summed E-state index contributed by atoms with van der Waals surface area (Å²) in [6.07, 6.45) is 5.78. The molecule has 0 aliphatic carbocycles. The van der Waals surface area contributed by atoms with Gasteiger partial charge < -0.3 is 10.2 Å². The minimum Gasteiger partial charge on any atom is -0.344 e. The van der Waals surface area contributed by atoms with E-state index in [0.29, 0.717) is 13.0 Å². The van der Waals surface area contributed by atoms with E-state index in [4.69, 9.17) is 0 Å². The predicted molar refractivity (Wildman–Crippen MR) is 96.2 cm³/mol. The second kappa shape index (κ2) is 7.51. The van der Waals surface area contributed by atoms with Gasteiger partial charge >= 0.3 is 0 Å². The topological polar surface area (TPSA) is 67.2 Å². The average Bonchev–Trinajstić information content (AvgIpc) is 3.19. The third kappa shape index (κ3) is 3.73. The van der Waals surface area contributed by atoms with Crippen molar-refractivity contribution in [2.45, 2.75) is 38.1 Å². The van der Waals surface area contributed by atoms with Crippen LogP contribution in [0.3, 0.4) is 0 Å². The van der Waals surface area contributed by atoms with Gasteiger partial charge in [0.05, 0.1) is 17.8 Å². The lowest BCUT2D eigenvalue weighted by atomic mass is 9.93. The molecular formula is C19H24N4O2. The zero-order chi connectivity index (χ0) is 17.8. The smallest absolute Gasteiger partial charge is 0.249 e. The molecule has 1 fully saturated rings. The number of hydrogen-bond acceptors (Lipinski definition) is 3. The average molecular weight is 340 g/mol. The second-order valence-corrected chi connectivity index (χ2v) is 6.46. The maximum atomic E-state index is 12.8. The Balaban J connectivity index is 1.68. The summed E-state index contributed by atoms with van der Waals surface area (Å²) in [5.74, 6) is -0.351. The Morgan fingerprint density at radius 1 is 1.36 bits per heavy atom. The SMILES string of the molecule is CCC[C@@H](C(=O)N[C@H]1CCN(c2cnn(C)c2)C1=O)c1ccccc1. The van der Waals surface area contributed by atoms with E-state index in [2.05, 4.69) is 17.3 Å². The Bertz CT molecular complexity index is 741. The van der Waals surface area contributed by atoms with E-state index in [9.17, 15) is 9.59 Å². The van der Waals surface area contributed by atoms with Crippen molar-refractivity contribution in [1.29, 1.82) is 0 Å². The molecule has 1 aromatic heterocycles. The fourth-order valence-electron chi connectivity index (χ4n) is 3.31. The van der Waals surface area contributed by atoms with Gasteiger partial charge in [-0.1, -0.05) is 43.7 Å². The first-order valence-electron chi connectivity index (χ1n) is 8.75. The third-order valence-corrected chi connectivity index (χ3v) is 4.62. The summed E-state index contributed by atoms with van der Waals surface area (Å²) in [4.78, 5) is 27.1. The maximum absolute atomic E-state index is 12.8. The van der Waals surface area contributed by atoms with Gasteiger partial charge in [-0.15, -0.1) is 0 Å². The Kier molecular flexibility index (Phi) is 5.16. The molecule has 2 atom stereocenters. The van der Waals surface area contributed by atoms with E-state index in [1.54, 1.807) is 15.8 Å². The predicted octanol–water partition coefficient (Wildman–Crippen LogP) is 2.23. The van der Waals surface area contributed by atoms with Crippen LogP contribution in [0.4, 0.5) is 5.69 Å². The third-order valence-electron chi connectivity index (χ3n) is 4.62. The van der Waals surface area contributed by atoms with Crippen LogP contribution in [0.2, 0.25) is 0 Å². The Hall–Kier alpha value is -2.63. The van der Waals surface area contributed by atoms with Crippen molar-refractivity contribution in [3.05, 3.63) is 48.3 Å². The van der Waals surface area contributed by atoms with Gasteiger partial charge in [0, 0.05) is 19.8 Å². The van der Waals surface area contributed by atoms with Crippen molar-refractivity contribution in [2.24, 2.45) is 7.05 Å². The normalized spacial score (nSPS) is 18.4. The van der Waals surface area contributed by atoms with Gasteiger partial charge in [-0.2, -0.15) is 5.10 Å². The van der Waals surface area contributed by atoms with E-state index in [1.807, 2.05) is 43.6 Å². The quantitative estimate of drug-likeness (QED) is 0.877. The van der Waals surface area contributed by atoms with Gasteiger partial charge in [0.25, 0.3) is 0 Å². The molecule has 0 radical (unpaired) electrons. The number of amides is 2. The number of benzene rings is 1. The molecule has 132 valence electrons. The number of anilines is 1. The molecule has 6 nitrogen and oxygen atoms in total. The Labute approximate surface area is 147 Å². The molecule has 3 rings (SSSR count). The van der Waals surface area contributed by atoms with Crippen molar-refractivity contribution in [2.75, 3.05) is 11.4 Å². The first-order chi connectivity index (χ1) is 12.1. The molecule has 0 unspecified atom stereocenters. The highest BCUT2D eigenvalue weighted by Crippen LogP contribution is 2.24. The van der Waals surface area contributed by atoms with Crippen LogP contribution >= 0.6 is 0 Å². The molecule has 25 heavy (non-hydrogen) atoms. The maximum Gasteiger partial charge on any atom is 0.249 e. The molecule has 1 saturated heterocycles. The first kappa shape index (κ1) is 17.2. The van der Waals surface area contributed by atoms with Crippen LogP contribution in [-0.4, -0.2) is 34.2 Å². The molecular weight excluding hydrogens is 316 g/mol. The lowest BCUT2D eigenvalue weighted by Gasteiger charge is -2.20. The van der Waals surface area contributed by atoms with Gasteiger partial charge in [-0.25, -0.2) is 0 Å². The van der Waals surface area contributed by atoms with Crippen molar-refractivity contribution in [3.63, 3.8) is 0 Å². The van der Waals surface area contributed by atoms with E-state index < -0.39 is 6.04 Å². The minimum absolute atomic E-state index is 0.0651. The number of aryl methyl sites for hydroxylation is 1. The molecule has 6 heteroatoms. The summed E-state index contributed by atoms with van der Waals surface area (Å²) >= 11 is 0. The lowest BCUT2D eigenvalue weighted by molar-refractivity contribution is -0.127. The second-order valence-electron chi connectivity index (χ2n) is 6.46. The minimum atomic E-state index is -0.462. The lowest BCUT2D eigenvalue weighted by Crippen LogP contribution is -2.43. The molecule has 0 spiro atoms. The van der Waals surface area contributed by atoms with Gasteiger partial charge in [-0.3, -0.25) is 14.3 Å². The fraction of sp³-hybridized carbons (Fsp3) is 0.421. The van der Waals surface area contributed by atoms with Crippen LogP contribution < -0.4 is 10.2 Å². The van der Waals surface area contributed by atoms with Crippen LogP contribution in [0.25, 0.3) is 0 Å². The largest absolute Gasteiger partial charge is 0.344 e. The van der Waals surface area contributed by atoms with Crippen LogP contribution in [0.15, 0.2) is 42.7 Å². The zero-order valence-electron chi connectivity index (χ0n) is 14.7. The van der Waals surface area contributed by atoms with Gasteiger partial charge in [0.15, 0.2) is 0 Å². The highest BCUT2D eigenvalue weighted by Gasteiger charge is 2.35. The number of nitrogens with one attached hydrogen (secondary N) is 1. The fourth-order valence-corrected chi connectivity index (χ4v) is 3.31. The van der Waals surface area contributed by atoms with Gasteiger partial charge in [-0.05, 0) is 18.4 Å². The summed E-state index contributed by atoms with van der Waals surface area (Å²) in [6, 6.07) is 9.30. The van der Waals surface area contributed by atoms with Gasteiger partial charge in [0.1, 0.15) is 6.04 Å². The van der Waals surface area contributed by atoms with E-state index in [1.165, 1.54) is 0 Å². The molecule has 2 heterocycles. The zero-order valence-corrected chi connectivity index (χ0v) is 14.7. The van der Waals surface area contributed by atoms with Crippen LogP contribution in [-0.2, 0) is 16.6 Å². The summed E-state index contributed by atoms with van der Waals surface area (Å²) in [5.41, 5.74) is 1.77. The van der Waals surface area contributed by atoms with Crippen molar-refractivity contribution in [3.8, 4) is 0 Å². The summed E-state index contributed by atoms with van der Waals surface area (Å²) in [7, 11) is 1.82. The molecule has 1 aliphatic rings. The number of rotatable bonds is 6. The summed E-state index contributed by atoms with van der Waals surface area (Å²) in [5, 5.41) is 7.07. The van der Waals surface area contributed by atoms with Crippen LogP contribution in [0.5, 0.6) is 0 Å². The van der Waals surface area contributed by atoms with Crippen LogP contribution in [0.1, 0.15) is 37.7 Å². The number of hydrogen-bond donors (Lipinski definition) is 1. The number of carbonyl (C=O) groups is 2. The molecule has 0 saturated carbocycles. The van der Waals surface area contributed by atoms with Crippen molar-refractivity contribution in [1.82, 2.24) is 15.1 Å². The summed E-state index contributed by atoms with van der Waals surface area (Å²) < 4.78 is 1.67. The number of carbonyl (C=O) groups excluding carboxylic acids is 2. The van der Waals surface area contributed by atoms with E-state index in [-0.39, 0.29) is 17.7 Å². The molecule has 1 N–H and O–H groups in total. The highest BCUT2D eigenvalue weighted by molar-refractivity contribution is 6.01. The van der Waals surface area contributed by atoms with Gasteiger partial charge in [0.2, 0.25) is 11.8 Å². The molecule has 1 aliphatic heterocycles. The van der Waals surface area contributed by atoms with E-state index >= 15 is 0 Å². The Morgan fingerprint density at radius 2 is 2.12 bits per heavy atom. The summed E-state index contributed by atoms with van der Waals surface area (Å²) in [6.45, 7) is 2.66. The van der Waals surface area contributed by atoms with Crippen LogP contribution in [0, 0.1) is 0 Å². The van der Waals surface area contributed by atoms with Crippen molar-refractivity contribution >= 4 is 17.5 Å². The molecule has 1 aromatic carbocycles. The number of aromatic nitrogens is 2. The Morgan fingerprint density at radius 3 is 2.76 bits per heavy atom. The highest BCUT2D eigenvalue weighted by atomic mass is 16.2. The van der Waals surface area contributed by atoms with E-state index in [0.717, 1.165) is 24.1 Å². The molecule has 2 amide bonds. The molecule has 2 aromatic rings. The van der Waals surface area contributed by atoms with Crippen molar-refractivity contribution < 1.29 is 9.59 Å². The monoisotopic (exact) mass is 340 g/mol. The number of nitrogens with zero attached hydrogens (tertiary/aromatic N) is 3. The molecule has 0 bridgehead atoms. The first-order valence-corrected chi connectivity index (χ1v) is 8.75. The standard InChI is InChI=1S/C19H24N4O2/c1-3-7-16(14-8-5-4-6-9-14)18(24)21-17-10-11-23(19(17)25)15-12-20-22(2)13-15/h4-6,8-9,12-13,16-17H,3,7,10-11H2,1-2H3,(H,21,24)/t16-,17+/m1/s1.